The summed E-state index contributed by atoms with van der Waals surface area (Å²) in [4.78, 5) is 0.274. The van der Waals surface area contributed by atoms with Gasteiger partial charge in [0.1, 0.15) is 5.25 Å². The van der Waals surface area contributed by atoms with Crippen molar-refractivity contribution in [2.75, 3.05) is 6.54 Å². The second kappa shape index (κ2) is 5.95. The maximum absolute atomic E-state index is 12.7. The normalized spacial score (nSPS) is 13.2. The molecule has 0 amide bonds. The SMILES string of the molecule is Cc1ccc([C@H](C[NH3+])S(=O)(=O)c2ccc(Cl)cc2)cc1. The summed E-state index contributed by atoms with van der Waals surface area (Å²) in [5.41, 5.74) is 5.65. The van der Waals surface area contributed by atoms with Gasteiger partial charge in [-0.15, -0.1) is 0 Å². The Morgan fingerprint density at radius 3 is 2.10 bits per heavy atom. The molecular weight excluding hydrogens is 294 g/mol. The zero-order valence-electron chi connectivity index (χ0n) is 11.2. The molecule has 0 fully saturated rings. The number of hydrogen-bond acceptors (Lipinski definition) is 2. The zero-order chi connectivity index (χ0) is 14.8. The van der Waals surface area contributed by atoms with Crippen molar-refractivity contribution in [2.24, 2.45) is 0 Å². The van der Waals surface area contributed by atoms with E-state index in [1.54, 1.807) is 12.1 Å². The van der Waals surface area contributed by atoms with E-state index in [4.69, 9.17) is 11.6 Å². The van der Waals surface area contributed by atoms with Crippen LogP contribution < -0.4 is 5.73 Å². The Labute approximate surface area is 124 Å². The Morgan fingerprint density at radius 2 is 1.60 bits per heavy atom. The predicted molar refractivity (Wildman–Crippen MR) is 80.3 cm³/mol. The van der Waals surface area contributed by atoms with Gasteiger partial charge in [0.25, 0.3) is 0 Å². The summed E-state index contributed by atoms with van der Waals surface area (Å²) in [6.45, 7) is 2.25. The molecule has 0 radical (unpaired) electrons. The van der Waals surface area contributed by atoms with Crippen molar-refractivity contribution in [3.8, 4) is 0 Å². The molecule has 0 aliphatic rings. The lowest BCUT2D eigenvalue weighted by molar-refractivity contribution is -0.367. The summed E-state index contributed by atoms with van der Waals surface area (Å²) < 4.78 is 25.4. The highest BCUT2D eigenvalue weighted by Crippen LogP contribution is 2.28. The van der Waals surface area contributed by atoms with Crippen molar-refractivity contribution in [2.45, 2.75) is 17.1 Å². The largest absolute Gasteiger partial charge is 0.356 e. The average molecular weight is 311 g/mol. The van der Waals surface area contributed by atoms with Crippen LogP contribution in [0.25, 0.3) is 0 Å². The number of quaternary nitrogens is 1. The van der Waals surface area contributed by atoms with Crippen LogP contribution in [-0.4, -0.2) is 15.0 Å². The summed E-state index contributed by atoms with van der Waals surface area (Å²) in [5.74, 6) is 0. The minimum atomic E-state index is -3.45. The zero-order valence-corrected chi connectivity index (χ0v) is 12.8. The first-order valence-corrected chi connectivity index (χ1v) is 8.23. The van der Waals surface area contributed by atoms with Gasteiger partial charge in [-0.25, -0.2) is 8.42 Å². The van der Waals surface area contributed by atoms with Crippen LogP contribution >= 0.6 is 11.6 Å². The molecule has 0 bridgehead atoms. The molecule has 0 saturated heterocycles. The molecule has 0 saturated carbocycles. The van der Waals surface area contributed by atoms with Gasteiger partial charge in [-0.2, -0.15) is 0 Å². The van der Waals surface area contributed by atoms with Gasteiger partial charge in [-0.05, 0) is 36.8 Å². The number of hydrogen-bond donors (Lipinski definition) is 1. The van der Waals surface area contributed by atoms with Crippen LogP contribution in [0.15, 0.2) is 53.4 Å². The molecule has 2 aromatic rings. The van der Waals surface area contributed by atoms with Crippen LogP contribution in [0.5, 0.6) is 0 Å². The van der Waals surface area contributed by atoms with Crippen LogP contribution in [0.3, 0.4) is 0 Å². The molecule has 2 aromatic carbocycles. The molecule has 1 atom stereocenters. The van der Waals surface area contributed by atoms with Gasteiger partial charge in [-0.1, -0.05) is 41.4 Å². The third-order valence-electron chi connectivity index (χ3n) is 3.23. The fraction of sp³-hybridized carbons (Fsp3) is 0.200. The van der Waals surface area contributed by atoms with Crippen molar-refractivity contribution in [3.63, 3.8) is 0 Å². The van der Waals surface area contributed by atoms with Crippen molar-refractivity contribution >= 4 is 21.4 Å². The van der Waals surface area contributed by atoms with Gasteiger partial charge in [0.2, 0.25) is 0 Å². The first-order chi connectivity index (χ1) is 9.45. The topological polar surface area (TPSA) is 61.8 Å². The average Bonchev–Trinajstić information content (AvgIpc) is 2.42. The number of halogens is 1. The van der Waals surface area contributed by atoms with Crippen molar-refractivity contribution in [1.29, 1.82) is 0 Å². The number of rotatable bonds is 4. The minimum Gasteiger partial charge on any atom is -0.356 e. The van der Waals surface area contributed by atoms with E-state index in [1.165, 1.54) is 12.1 Å². The van der Waals surface area contributed by atoms with Crippen molar-refractivity contribution < 1.29 is 14.2 Å². The molecule has 0 aromatic heterocycles. The molecule has 0 heterocycles. The summed E-state index contributed by atoms with van der Waals surface area (Å²) in [5, 5.41) is -0.116. The van der Waals surface area contributed by atoms with E-state index in [9.17, 15) is 8.42 Å². The van der Waals surface area contributed by atoms with Gasteiger partial charge in [0.15, 0.2) is 9.84 Å². The van der Waals surface area contributed by atoms with Gasteiger partial charge >= 0.3 is 0 Å². The van der Waals surface area contributed by atoms with E-state index in [-0.39, 0.29) is 11.4 Å². The lowest BCUT2D eigenvalue weighted by atomic mass is 10.1. The molecule has 2 rings (SSSR count). The van der Waals surface area contributed by atoms with Gasteiger partial charge < -0.3 is 5.73 Å². The maximum atomic E-state index is 12.7. The second-order valence-electron chi connectivity index (χ2n) is 4.69. The Hall–Kier alpha value is -1.36. The number of sulfone groups is 1. The summed E-state index contributed by atoms with van der Waals surface area (Å²) in [6.07, 6.45) is 0. The first-order valence-electron chi connectivity index (χ1n) is 6.30. The summed E-state index contributed by atoms with van der Waals surface area (Å²) in [7, 11) is -3.45. The van der Waals surface area contributed by atoms with Crippen molar-refractivity contribution in [3.05, 3.63) is 64.7 Å². The Bertz CT molecular complexity index is 679. The lowest BCUT2D eigenvalue weighted by Gasteiger charge is -2.15. The van der Waals surface area contributed by atoms with Crippen molar-refractivity contribution in [1.82, 2.24) is 0 Å². The van der Waals surface area contributed by atoms with Crippen LogP contribution in [0.1, 0.15) is 16.4 Å². The molecule has 5 heteroatoms. The third kappa shape index (κ3) is 3.03. The molecular formula is C15H17ClNO2S+. The third-order valence-corrected chi connectivity index (χ3v) is 5.67. The smallest absolute Gasteiger partial charge is 0.190 e. The van der Waals surface area contributed by atoms with E-state index in [0.717, 1.165) is 11.1 Å². The summed E-state index contributed by atoms with van der Waals surface area (Å²) in [6, 6.07) is 13.8. The minimum absolute atomic E-state index is 0.274. The Kier molecular flexibility index (Phi) is 4.48. The van der Waals surface area contributed by atoms with E-state index >= 15 is 0 Å². The molecule has 106 valence electrons. The highest BCUT2D eigenvalue weighted by atomic mass is 35.5. The van der Waals surface area contributed by atoms with E-state index in [0.29, 0.717) is 5.02 Å². The highest BCUT2D eigenvalue weighted by molar-refractivity contribution is 7.91. The predicted octanol–water partition coefficient (Wildman–Crippen LogP) is 2.41. The van der Waals surface area contributed by atoms with Gasteiger partial charge in [0, 0.05) is 5.02 Å². The molecule has 3 N–H and O–H groups in total. The van der Waals surface area contributed by atoms with Crippen LogP contribution in [-0.2, 0) is 9.84 Å². The fourth-order valence-electron chi connectivity index (χ4n) is 2.07. The second-order valence-corrected chi connectivity index (χ2v) is 7.25. The molecule has 0 aliphatic heterocycles. The lowest BCUT2D eigenvalue weighted by Crippen LogP contribution is -2.54. The Balaban J connectivity index is 2.44. The molecule has 3 nitrogen and oxygen atoms in total. The number of aryl methyl sites for hydroxylation is 1. The quantitative estimate of drug-likeness (QED) is 0.942. The van der Waals surface area contributed by atoms with Crippen LogP contribution in [0.4, 0.5) is 0 Å². The summed E-state index contributed by atoms with van der Waals surface area (Å²) >= 11 is 5.80. The van der Waals surface area contributed by atoms with E-state index < -0.39 is 15.1 Å². The maximum Gasteiger partial charge on any atom is 0.190 e. The van der Waals surface area contributed by atoms with E-state index in [2.05, 4.69) is 5.73 Å². The Morgan fingerprint density at radius 1 is 1.05 bits per heavy atom. The highest BCUT2D eigenvalue weighted by Gasteiger charge is 2.29. The standard InChI is InChI=1S/C15H16ClNO2S/c1-11-2-4-12(5-3-11)15(10-17)20(18,19)14-8-6-13(16)7-9-14/h2-9,15H,10,17H2,1H3/p+1/t15-/m0/s1. The van der Waals surface area contributed by atoms with E-state index in [1.807, 2.05) is 31.2 Å². The molecule has 20 heavy (non-hydrogen) atoms. The fourth-order valence-corrected chi connectivity index (χ4v) is 3.87. The van der Waals surface area contributed by atoms with Crippen LogP contribution in [0.2, 0.25) is 5.02 Å². The van der Waals surface area contributed by atoms with Gasteiger partial charge in [0.05, 0.1) is 11.4 Å². The molecule has 0 unspecified atom stereocenters. The van der Waals surface area contributed by atoms with Gasteiger partial charge in [-0.3, -0.25) is 0 Å². The first kappa shape index (κ1) is 15.0. The van der Waals surface area contributed by atoms with Crippen LogP contribution in [0, 0.1) is 6.92 Å². The molecule has 0 spiro atoms. The molecule has 0 aliphatic carbocycles. The number of benzene rings is 2. The monoisotopic (exact) mass is 310 g/mol.